The van der Waals surface area contributed by atoms with E-state index in [0.29, 0.717) is 13.1 Å². The van der Waals surface area contributed by atoms with Crippen LogP contribution in [0.3, 0.4) is 0 Å². The summed E-state index contributed by atoms with van der Waals surface area (Å²) < 4.78 is 40.7. The topological polar surface area (TPSA) is 72.9 Å². The Hall–Kier alpha value is -2.30. The van der Waals surface area contributed by atoms with Gasteiger partial charge in [0.05, 0.1) is 0 Å². The normalized spacial score (nSPS) is 19.5. The fourth-order valence-corrected chi connectivity index (χ4v) is 5.13. The molecule has 0 aliphatic carbocycles. The number of benzene rings is 1. The van der Waals surface area contributed by atoms with Gasteiger partial charge >= 0.3 is 0 Å². The number of aromatic nitrogens is 2. The molecule has 156 valence electrons. The van der Waals surface area contributed by atoms with Gasteiger partial charge in [-0.25, -0.2) is 12.8 Å². The van der Waals surface area contributed by atoms with Gasteiger partial charge in [-0.15, -0.1) is 10.2 Å². The molecule has 4 rings (SSSR count). The molecule has 2 saturated heterocycles. The molecule has 0 amide bonds. The van der Waals surface area contributed by atoms with E-state index in [0.717, 1.165) is 37.8 Å². The number of halogens is 1. The number of nitrogens with zero attached hydrogens (tertiary/aromatic N) is 6. The summed E-state index contributed by atoms with van der Waals surface area (Å²) in [6.45, 7) is 5.38. The number of piperazine rings is 2. The lowest BCUT2D eigenvalue weighted by atomic mass is 10.3. The molecule has 2 fully saturated rings. The first-order valence-corrected chi connectivity index (χ1v) is 11.2. The van der Waals surface area contributed by atoms with Crippen LogP contribution < -0.4 is 9.80 Å². The summed E-state index contributed by atoms with van der Waals surface area (Å²) in [6.07, 6.45) is 0. The van der Waals surface area contributed by atoms with Crippen molar-refractivity contribution in [2.24, 2.45) is 0 Å². The molecule has 2 aliphatic heterocycles. The summed E-state index contributed by atoms with van der Waals surface area (Å²) in [4.78, 5) is 6.24. The molecule has 0 spiro atoms. The van der Waals surface area contributed by atoms with Crippen molar-refractivity contribution >= 4 is 21.7 Å². The average Bonchev–Trinajstić information content (AvgIpc) is 2.75. The zero-order valence-electron chi connectivity index (χ0n) is 16.4. The van der Waals surface area contributed by atoms with E-state index in [2.05, 4.69) is 27.0 Å². The van der Waals surface area contributed by atoms with Gasteiger partial charge in [0.2, 0.25) is 10.0 Å². The summed E-state index contributed by atoms with van der Waals surface area (Å²) in [5.41, 5.74) is 0. The van der Waals surface area contributed by atoms with Crippen LogP contribution in [0.1, 0.15) is 0 Å². The fourth-order valence-electron chi connectivity index (χ4n) is 3.64. The molecule has 10 heteroatoms. The Kier molecular flexibility index (Phi) is 5.66. The lowest BCUT2D eigenvalue weighted by Crippen LogP contribution is -2.49. The first kappa shape index (κ1) is 20.0. The van der Waals surface area contributed by atoms with Gasteiger partial charge in [0, 0.05) is 52.4 Å². The fraction of sp³-hybridized carbons (Fsp3) is 0.474. The second-order valence-corrected chi connectivity index (χ2v) is 9.27. The SMILES string of the molecule is CN1CCN(c2ccc(N3CCN(S(=O)(=O)c4ccccc4F)CC3)nn2)CC1. The minimum Gasteiger partial charge on any atom is -0.353 e. The Labute approximate surface area is 170 Å². The molecular formula is C19H25FN6O2S. The molecule has 0 bridgehead atoms. The van der Waals surface area contributed by atoms with E-state index in [4.69, 9.17) is 0 Å². The maximum atomic E-state index is 14.0. The van der Waals surface area contributed by atoms with Gasteiger partial charge in [-0.1, -0.05) is 12.1 Å². The van der Waals surface area contributed by atoms with Crippen LogP contribution in [0.2, 0.25) is 0 Å². The maximum absolute atomic E-state index is 14.0. The highest BCUT2D eigenvalue weighted by atomic mass is 32.2. The lowest BCUT2D eigenvalue weighted by molar-refractivity contribution is 0.312. The van der Waals surface area contributed by atoms with Crippen LogP contribution in [0, 0.1) is 5.82 Å². The van der Waals surface area contributed by atoms with Crippen LogP contribution in [0.15, 0.2) is 41.3 Å². The lowest BCUT2D eigenvalue weighted by Gasteiger charge is -2.35. The molecule has 1 aromatic heterocycles. The monoisotopic (exact) mass is 420 g/mol. The van der Waals surface area contributed by atoms with Gasteiger partial charge < -0.3 is 14.7 Å². The third kappa shape index (κ3) is 4.19. The average molecular weight is 421 g/mol. The highest BCUT2D eigenvalue weighted by Gasteiger charge is 2.31. The smallest absolute Gasteiger partial charge is 0.246 e. The summed E-state index contributed by atoms with van der Waals surface area (Å²) in [6, 6.07) is 9.39. The van der Waals surface area contributed by atoms with Gasteiger partial charge in [0.1, 0.15) is 10.7 Å². The van der Waals surface area contributed by atoms with Crippen LogP contribution >= 0.6 is 0 Å². The van der Waals surface area contributed by atoms with E-state index in [9.17, 15) is 12.8 Å². The predicted molar refractivity (Wildman–Crippen MR) is 109 cm³/mol. The summed E-state index contributed by atoms with van der Waals surface area (Å²) >= 11 is 0. The van der Waals surface area contributed by atoms with E-state index in [1.807, 2.05) is 17.0 Å². The highest BCUT2D eigenvalue weighted by Crippen LogP contribution is 2.22. The van der Waals surface area contributed by atoms with Crippen LogP contribution in [-0.4, -0.2) is 87.2 Å². The second-order valence-electron chi connectivity index (χ2n) is 7.36. The van der Waals surface area contributed by atoms with Gasteiger partial charge in [-0.3, -0.25) is 0 Å². The third-order valence-corrected chi connectivity index (χ3v) is 7.41. The molecule has 2 aliphatic rings. The largest absolute Gasteiger partial charge is 0.353 e. The standard InChI is InChI=1S/C19H25FN6O2S/c1-23-8-10-24(11-9-23)18-6-7-19(22-21-18)25-12-14-26(15-13-25)29(27,28)17-5-3-2-4-16(17)20/h2-7H,8-15H2,1H3. The maximum Gasteiger partial charge on any atom is 0.246 e. The molecule has 0 N–H and O–H groups in total. The number of hydrogen-bond donors (Lipinski definition) is 0. The van der Waals surface area contributed by atoms with Crippen molar-refractivity contribution < 1.29 is 12.8 Å². The molecule has 1 aromatic carbocycles. The van der Waals surface area contributed by atoms with Gasteiger partial charge in [-0.05, 0) is 31.3 Å². The minimum absolute atomic E-state index is 0.273. The zero-order chi connectivity index (χ0) is 20.4. The summed E-state index contributed by atoms with van der Waals surface area (Å²) in [7, 11) is -1.73. The molecule has 0 radical (unpaired) electrons. The van der Waals surface area contributed by atoms with Gasteiger partial charge in [-0.2, -0.15) is 4.31 Å². The second kappa shape index (κ2) is 8.21. The van der Waals surface area contributed by atoms with Crippen molar-refractivity contribution in [2.45, 2.75) is 4.90 Å². The molecule has 0 unspecified atom stereocenters. The van der Waals surface area contributed by atoms with Crippen LogP contribution in [0.4, 0.5) is 16.0 Å². The first-order chi connectivity index (χ1) is 13.9. The molecular weight excluding hydrogens is 395 g/mol. The van der Waals surface area contributed by atoms with Gasteiger partial charge in [0.25, 0.3) is 0 Å². The van der Waals surface area contributed by atoms with E-state index >= 15 is 0 Å². The number of rotatable bonds is 4. The third-order valence-electron chi connectivity index (χ3n) is 5.48. The molecule has 2 aromatic rings. The molecule has 0 saturated carbocycles. The summed E-state index contributed by atoms with van der Waals surface area (Å²) in [5, 5.41) is 8.71. The van der Waals surface area contributed by atoms with Crippen molar-refractivity contribution in [1.29, 1.82) is 0 Å². The number of sulfonamides is 1. The van der Waals surface area contributed by atoms with Crippen molar-refractivity contribution in [2.75, 3.05) is 69.2 Å². The molecule has 0 atom stereocenters. The van der Waals surface area contributed by atoms with Crippen molar-refractivity contribution in [3.8, 4) is 0 Å². The molecule has 3 heterocycles. The highest BCUT2D eigenvalue weighted by molar-refractivity contribution is 7.89. The number of likely N-dealkylation sites (N-methyl/N-ethyl adjacent to an activating group) is 1. The van der Waals surface area contributed by atoms with E-state index < -0.39 is 15.8 Å². The van der Waals surface area contributed by atoms with Crippen LogP contribution in [0.25, 0.3) is 0 Å². The van der Waals surface area contributed by atoms with Gasteiger partial charge in [0.15, 0.2) is 11.6 Å². The van der Waals surface area contributed by atoms with Crippen molar-refractivity contribution in [3.63, 3.8) is 0 Å². The van der Waals surface area contributed by atoms with Crippen molar-refractivity contribution in [1.82, 2.24) is 19.4 Å². The molecule has 8 nitrogen and oxygen atoms in total. The van der Waals surface area contributed by atoms with Crippen molar-refractivity contribution in [3.05, 3.63) is 42.2 Å². The Bertz CT molecular complexity index is 939. The Morgan fingerprint density at radius 1 is 0.793 bits per heavy atom. The number of hydrogen-bond acceptors (Lipinski definition) is 7. The quantitative estimate of drug-likeness (QED) is 0.727. The van der Waals surface area contributed by atoms with E-state index in [-0.39, 0.29) is 18.0 Å². The number of anilines is 2. The molecule has 29 heavy (non-hydrogen) atoms. The van der Waals surface area contributed by atoms with Crippen LogP contribution in [0.5, 0.6) is 0 Å². The van der Waals surface area contributed by atoms with Crippen LogP contribution in [-0.2, 0) is 10.0 Å². The first-order valence-electron chi connectivity index (χ1n) is 9.72. The Morgan fingerprint density at radius 2 is 1.31 bits per heavy atom. The Balaban J connectivity index is 1.39. The summed E-state index contributed by atoms with van der Waals surface area (Å²) in [5.74, 6) is 0.869. The van der Waals surface area contributed by atoms with E-state index in [1.165, 1.54) is 28.6 Å². The Morgan fingerprint density at radius 3 is 1.83 bits per heavy atom. The zero-order valence-corrected chi connectivity index (χ0v) is 17.2. The predicted octanol–water partition coefficient (Wildman–Crippen LogP) is 0.878. The minimum atomic E-state index is -3.84. The van der Waals surface area contributed by atoms with E-state index in [1.54, 1.807) is 0 Å².